The van der Waals surface area contributed by atoms with Crippen LogP contribution in [0.15, 0.2) is 41.5 Å². The summed E-state index contributed by atoms with van der Waals surface area (Å²) < 4.78 is 70.9. The number of aliphatic carboxylic acids is 2. The summed E-state index contributed by atoms with van der Waals surface area (Å²) in [7, 11) is 0. The first-order valence-corrected chi connectivity index (χ1v) is 11.7. The van der Waals surface area contributed by atoms with E-state index in [1.807, 2.05) is 29.0 Å². The lowest BCUT2D eigenvalue weighted by atomic mass is 10.1. The monoisotopic (exact) mass is 567 g/mol. The van der Waals surface area contributed by atoms with Crippen molar-refractivity contribution in [1.29, 1.82) is 0 Å². The average Bonchev–Trinajstić information content (AvgIpc) is 3.28. The summed E-state index contributed by atoms with van der Waals surface area (Å²) in [6, 6.07) is 7.70. The van der Waals surface area contributed by atoms with Gasteiger partial charge in [0, 0.05) is 56.8 Å². The molecule has 0 bridgehead atoms. The third-order valence-electron chi connectivity index (χ3n) is 5.84. The molecule has 39 heavy (non-hydrogen) atoms. The maximum Gasteiger partial charge on any atom is 0.490 e. The Balaban J connectivity index is 0.000000317. The Kier molecular flexibility index (Phi) is 11.5. The zero-order valence-corrected chi connectivity index (χ0v) is 20.5. The second kappa shape index (κ2) is 14.1. The number of carboxylic acids is 2. The van der Waals surface area contributed by atoms with Gasteiger partial charge in [0.1, 0.15) is 0 Å². The van der Waals surface area contributed by atoms with Gasteiger partial charge < -0.3 is 24.4 Å². The Morgan fingerprint density at radius 3 is 2.13 bits per heavy atom. The van der Waals surface area contributed by atoms with Gasteiger partial charge >= 0.3 is 24.3 Å². The van der Waals surface area contributed by atoms with Crippen LogP contribution >= 0.6 is 0 Å². The normalized spacial score (nSPS) is 17.5. The highest BCUT2D eigenvalue weighted by Crippen LogP contribution is 2.19. The lowest BCUT2D eigenvalue weighted by Gasteiger charge is -2.22. The highest BCUT2D eigenvalue weighted by atomic mass is 19.4. The highest BCUT2D eigenvalue weighted by Gasteiger charge is 2.38. The van der Waals surface area contributed by atoms with Gasteiger partial charge in [0.2, 0.25) is 0 Å². The van der Waals surface area contributed by atoms with E-state index in [0.717, 1.165) is 51.3 Å². The van der Waals surface area contributed by atoms with Crippen LogP contribution in [0, 0.1) is 5.92 Å². The van der Waals surface area contributed by atoms with E-state index in [4.69, 9.17) is 24.5 Å². The van der Waals surface area contributed by atoms with Gasteiger partial charge in [0.15, 0.2) is 0 Å². The van der Waals surface area contributed by atoms with Crippen LogP contribution in [0.25, 0.3) is 0 Å². The molecule has 9 nitrogen and oxygen atoms in total. The second-order valence-electron chi connectivity index (χ2n) is 8.73. The number of nitrogens with zero attached hydrogens (tertiary/aromatic N) is 3. The predicted molar refractivity (Wildman–Crippen MR) is 124 cm³/mol. The van der Waals surface area contributed by atoms with Gasteiger partial charge in [0.25, 0.3) is 5.56 Å². The molecule has 1 saturated heterocycles. The minimum absolute atomic E-state index is 0.0836. The second-order valence-corrected chi connectivity index (χ2v) is 8.73. The van der Waals surface area contributed by atoms with E-state index >= 15 is 0 Å². The molecule has 0 aliphatic carbocycles. The number of hydrogen-bond acceptors (Lipinski definition) is 6. The fourth-order valence-electron chi connectivity index (χ4n) is 3.96. The van der Waals surface area contributed by atoms with E-state index < -0.39 is 24.3 Å². The molecular weight excluding hydrogens is 540 g/mol. The van der Waals surface area contributed by atoms with Crippen molar-refractivity contribution in [2.45, 2.75) is 38.2 Å². The van der Waals surface area contributed by atoms with E-state index in [9.17, 15) is 31.1 Å². The smallest absolute Gasteiger partial charge is 0.475 e. The first-order valence-electron chi connectivity index (χ1n) is 11.7. The molecule has 4 rings (SSSR count). The van der Waals surface area contributed by atoms with Crippen molar-refractivity contribution >= 4 is 11.9 Å². The number of halogens is 6. The quantitative estimate of drug-likeness (QED) is 0.541. The molecule has 1 atom stereocenters. The Morgan fingerprint density at radius 2 is 1.62 bits per heavy atom. The zero-order valence-electron chi connectivity index (χ0n) is 20.5. The number of rotatable bonds is 4. The predicted octanol–water partition coefficient (Wildman–Crippen LogP) is 3.00. The van der Waals surface area contributed by atoms with Crippen molar-refractivity contribution in [3.63, 3.8) is 0 Å². The van der Waals surface area contributed by atoms with Crippen molar-refractivity contribution in [1.82, 2.24) is 14.5 Å². The van der Waals surface area contributed by atoms with E-state index in [1.54, 1.807) is 12.3 Å². The first-order chi connectivity index (χ1) is 18.2. The summed E-state index contributed by atoms with van der Waals surface area (Å²) in [5, 5.41) is 14.2. The van der Waals surface area contributed by atoms with E-state index in [1.165, 1.54) is 17.7 Å². The van der Waals surface area contributed by atoms with Crippen LogP contribution in [0.5, 0.6) is 0 Å². The maximum atomic E-state index is 12.5. The molecular formula is C24H27F6N3O6. The Labute approximate surface area is 218 Å². The lowest BCUT2D eigenvalue weighted by Crippen LogP contribution is -2.32. The van der Waals surface area contributed by atoms with Gasteiger partial charge in [-0.2, -0.15) is 26.3 Å². The van der Waals surface area contributed by atoms with E-state index in [-0.39, 0.29) is 5.56 Å². The van der Waals surface area contributed by atoms with Crippen LogP contribution in [0.3, 0.4) is 0 Å². The number of fused-ring (bicyclic) bond motifs is 1. The Morgan fingerprint density at radius 1 is 1.00 bits per heavy atom. The standard InChI is InChI=1S/C20H25N3O2.2C2HF3O2/c24-20-4-3-18-5-9-22(13-17-7-11-25-15-17)10-6-19(18)23(20)14-16-2-1-8-21-12-16;2*3-2(4,5)1(6)7/h1-4,8,12,17H,5-7,9-11,13-15H2;2*(H,6,7). The van der Waals surface area contributed by atoms with E-state index in [0.29, 0.717) is 12.5 Å². The van der Waals surface area contributed by atoms with Crippen LogP contribution in [0.1, 0.15) is 23.2 Å². The summed E-state index contributed by atoms with van der Waals surface area (Å²) in [5.41, 5.74) is 3.66. The Hall–Kier alpha value is -3.46. The molecule has 2 aliphatic heterocycles. The minimum atomic E-state index is -5.08. The van der Waals surface area contributed by atoms with Crippen molar-refractivity contribution in [3.8, 4) is 0 Å². The number of carboxylic acid groups (broad SMARTS) is 2. The van der Waals surface area contributed by atoms with Crippen molar-refractivity contribution in [2.75, 3.05) is 32.8 Å². The van der Waals surface area contributed by atoms with Crippen molar-refractivity contribution in [3.05, 3.63) is 63.8 Å². The summed E-state index contributed by atoms with van der Waals surface area (Å²) in [4.78, 5) is 37.0. The zero-order chi connectivity index (χ0) is 29.2. The number of alkyl halides is 6. The molecule has 0 spiro atoms. The molecule has 2 N–H and O–H groups in total. The molecule has 0 saturated carbocycles. The summed E-state index contributed by atoms with van der Waals surface area (Å²) in [6.07, 6.45) is -3.44. The van der Waals surface area contributed by atoms with Gasteiger partial charge in [-0.25, -0.2) is 9.59 Å². The SMILES string of the molecule is O=C(O)C(F)(F)F.O=C(O)C(F)(F)F.O=c1ccc2c(n1Cc1cccnc1)CCN(CC1CCOC1)CC2. The first kappa shape index (κ1) is 31.8. The molecule has 0 radical (unpaired) electrons. The summed E-state index contributed by atoms with van der Waals surface area (Å²) in [5.74, 6) is -4.85. The number of aromatic nitrogens is 2. The number of ether oxygens (including phenoxy) is 1. The third-order valence-corrected chi connectivity index (χ3v) is 5.84. The van der Waals surface area contributed by atoms with Gasteiger partial charge in [-0.05, 0) is 36.0 Å². The van der Waals surface area contributed by atoms with Gasteiger partial charge in [-0.3, -0.25) is 9.78 Å². The number of carbonyl (C=O) groups is 2. The Bertz CT molecular complexity index is 1120. The van der Waals surface area contributed by atoms with Crippen molar-refractivity contribution < 1.29 is 50.9 Å². The van der Waals surface area contributed by atoms with E-state index in [2.05, 4.69) is 9.88 Å². The van der Waals surface area contributed by atoms with Gasteiger partial charge in [0.05, 0.1) is 13.2 Å². The van der Waals surface area contributed by atoms with Gasteiger partial charge in [-0.15, -0.1) is 0 Å². The number of hydrogen-bond donors (Lipinski definition) is 2. The molecule has 2 aliphatic rings. The molecule has 1 fully saturated rings. The molecule has 0 amide bonds. The largest absolute Gasteiger partial charge is 0.490 e. The molecule has 2 aromatic rings. The average molecular weight is 567 g/mol. The molecule has 15 heteroatoms. The molecule has 216 valence electrons. The van der Waals surface area contributed by atoms with Crippen LogP contribution in [-0.2, 0) is 33.7 Å². The van der Waals surface area contributed by atoms with Crippen LogP contribution in [0.2, 0.25) is 0 Å². The molecule has 2 aromatic heterocycles. The maximum absolute atomic E-state index is 12.5. The van der Waals surface area contributed by atoms with Crippen LogP contribution < -0.4 is 5.56 Å². The van der Waals surface area contributed by atoms with Crippen LogP contribution in [0.4, 0.5) is 26.3 Å². The number of pyridine rings is 2. The molecule has 4 heterocycles. The topological polar surface area (TPSA) is 122 Å². The molecule has 0 aromatic carbocycles. The van der Waals surface area contributed by atoms with Crippen molar-refractivity contribution in [2.24, 2.45) is 5.92 Å². The summed E-state index contributed by atoms with van der Waals surface area (Å²) in [6.45, 7) is 5.60. The third kappa shape index (κ3) is 10.7. The fourth-order valence-corrected chi connectivity index (χ4v) is 3.96. The van der Waals surface area contributed by atoms with Gasteiger partial charge in [-0.1, -0.05) is 12.1 Å². The van der Waals surface area contributed by atoms with Crippen LogP contribution in [-0.4, -0.2) is 81.8 Å². The molecule has 1 unspecified atom stereocenters. The summed E-state index contributed by atoms with van der Waals surface area (Å²) >= 11 is 0. The minimum Gasteiger partial charge on any atom is -0.475 e. The fraction of sp³-hybridized carbons (Fsp3) is 0.500. The lowest BCUT2D eigenvalue weighted by molar-refractivity contribution is -0.193. The highest BCUT2D eigenvalue weighted by molar-refractivity contribution is 5.73.